The van der Waals surface area contributed by atoms with E-state index in [1.54, 1.807) is 6.20 Å². The van der Waals surface area contributed by atoms with E-state index in [0.29, 0.717) is 5.92 Å². The number of hydrogen-bond donors (Lipinski definition) is 1. The summed E-state index contributed by atoms with van der Waals surface area (Å²) in [4.78, 5) is 4.16. The number of aromatic nitrogens is 2. The molecule has 3 nitrogen and oxygen atoms in total. The fraction of sp³-hybridized carbons (Fsp3) is 0.750. The first-order valence-corrected chi connectivity index (χ1v) is 5.47. The lowest BCUT2D eigenvalue weighted by Gasteiger charge is -2.28. The second-order valence-corrected chi connectivity index (χ2v) is 5.41. The van der Waals surface area contributed by atoms with E-state index in [2.05, 4.69) is 32.7 Å². The Morgan fingerprint density at radius 3 is 2.47 bits per heavy atom. The second kappa shape index (κ2) is 4.35. The van der Waals surface area contributed by atoms with Crippen molar-refractivity contribution in [1.29, 1.82) is 0 Å². The highest BCUT2D eigenvalue weighted by Gasteiger charge is 2.24. The highest BCUT2D eigenvalue weighted by molar-refractivity contribution is 4.96. The van der Waals surface area contributed by atoms with Crippen molar-refractivity contribution in [3.63, 3.8) is 0 Å². The smallest absolute Gasteiger partial charge is 0.137 e. The Bertz CT molecular complexity index is 312. The van der Waals surface area contributed by atoms with Crippen molar-refractivity contribution in [2.45, 2.75) is 40.2 Å². The van der Waals surface area contributed by atoms with Crippen LogP contribution in [0.3, 0.4) is 0 Å². The molecule has 0 aliphatic heterocycles. The maximum atomic E-state index is 10.0. The fourth-order valence-electron chi connectivity index (χ4n) is 1.49. The molecule has 0 radical (unpaired) electrons. The third-order valence-electron chi connectivity index (χ3n) is 3.21. The summed E-state index contributed by atoms with van der Waals surface area (Å²) < 4.78 is 1.88. The summed E-state index contributed by atoms with van der Waals surface area (Å²) in [5.74, 6) is 1.22. The third kappa shape index (κ3) is 3.06. The van der Waals surface area contributed by atoms with E-state index in [4.69, 9.17) is 0 Å². The molecule has 0 saturated carbocycles. The molecule has 0 aromatic carbocycles. The van der Waals surface area contributed by atoms with Crippen molar-refractivity contribution in [2.24, 2.45) is 18.4 Å². The van der Waals surface area contributed by atoms with E-state index in [9.17, 15) is 5.11 Å². The molecule has 0 bridgehead atoms. The maximum Gasteiger partial charge on any atom is 0.137 e. The summed E-state index contributed by atoms with van der Waals surface area (Å²) in [6, 6.07) is 0. The number of aliphatic hydroxyl groups is 1. The highest BCUT2D eigenvalue weighted by atomic mass is 16.3. The number of rotatable bonds is 3. The lowest BCUT2D eigenvalue weighted by atomic mass is 9.79. The monoisotopic (exact) mass is 210 g/mol. The zero-order chi connectivity index (χ0) is 11.6. The second-order valence-electron chi connectivity index (χ2n) is 5.41. The third-order valence-corrected chi connectivity index (χ3v) is 3.21. The first kappa shape index (κ1) is 12.2. The lowest BCUT2D eigenvalue weighted by molar-refractivity contribution is 0.102. The van der Waals surface area contributed by atoms with Crippen molar-refractivity contribution in [3.8, 4) is 0 Å². The van der Waals surface area contributed by atoms with Crippen molar-refractivity contribution in [1.82, 2.24) is 9.55 Å². The Morgan fingerprint density at radius 2 is 2.07 bits per heavy atom. The normalized spacial score (nSPS) is 16.4. The van der Waals surface area contributed by atoms with Crippen LogP contribution in [0.5, 0.6) is 0 Å². The molecule has 2 unspecified atom stereocenters. The van der Waals surface area contributed by atoms with Gasteiger partial charge in [0.05, 0.1) is 0 Å². The minimum Gasteiger partial charge on any atom is -0.385 e. The lowest BCUT2D eigenvalue weighted by Crippen LogP contribution is -2.20. The molecule has 3 heteroatoms. The van der Waals surface area contributed by atoms with Gasteiger partial charge in [0.1, 0.15) is 11.9 Å². The van der Waals surface area contributed by atoms with Crippen molar-refractivity contribution < 1.29 is 5.11 Å². The molecule has 1 heterocycles. The van der Waals surface area contributed by atoms with Gasteiger partial charge in [-0.3, -0.25) is 0 Å². The Kier molecular flexibility index (Phi) is 3.55. The molecule has 0 spiro atoms. The summed E-state index contributed by atoms with van der Waals surface area (Å²) >= 11 is 0. The number of imidazole rings is 1. The summed E-state index contributed by atoms with van der Waals surface area (Å²) in [6.07, 6.45) is 3.88. The maximum absolute atomic E-state index is 10.0. The van der Waals surface area contributed by atoms with Crippen LogP contribution in [0.1, 0.15) is 46.0 Å². The summed E-state index contributed by atoms with van der Waals surface area (Å²) in [5, 5.41) is 10.0. The molecule has 1 aromatic rings. The summed E-state index contributed by atoms with van der Waals surface area (Å²) in [6.45, 7) is 8.76. The van der Waals surface area contributed by atoms with Crippen LogP contribution in [0.25, 0.3) is 0 Å². The van der Waals surface area contributed by atoms with Gasteiger partial charge in [-0.15, -0.1) is 0 Å². The molecule has 1 aromatic heterocycles. The molecular formula is C12H22N2O. The molecular weight excluding hydrogens is 188 g/mol. The number of aliphatic hydroxyl groups excluding tert-OH is 1. The first-order chi connectivity index (χ1) is 6.82. The fourth-order valence-corrected chi connectivity index (χ4v) is 1.49. The Balaban J connectivity index is 2.64. The van der Waals surface area contributed by atoms with Crippen LogP contribution in [0.15, 0.2) is 12.4 Å². The molecule has 1 rings (SSSR count). The topological polar surface area (TPSA) is 38.1 Å². The van der Waals surface area contributed by atoms with Crippen LogP contribution in [-0.4, -0.2) is 14.7 Å². The van der Waals surface area contributed by atoms with Crippen LogP contribution in [-0.2, 0) is 7.05 Å². The van der Waals surface area contributed by atoms with Gasteiger partial charge in [-0.05, 0) is 17.8 Å². The number of aryl methyl sites for hydroxylation is 1. The van der Waals surface area contributed by atoms with Crippen molar-refractivity contribution in [3.05, 3.63) is 18.2 Å². The van der Waals surface area contributed by atoms with Gasteiger partial charge in [-0.25, -0.2) is 4.98 Å². The SMILES string of the molecule is CC(CC(O)c1nccn1C)C(C)(C)C. The van der Waals surface area contributed by atoms with Crippen LogP contribution in [0.2, 0.25) is 0 Å². The van der Waals surface area contributed by atoms with E-state index in [1.807, 2.05) is 17.8 Å². The highest BCUT2D eigenvalue weighted by Crippen LogP contribution is 2.32. The number of hydrogen-bond acceptors (Lipinski definition) is 2. The van der Waals surface area contributed by atoms with Crippen LogP contribution < -0.4 is 0 Å². The van der Waals surface area contributed by atoms with E-state index in [1.165, 1.54) is 0 Å². The minimum absolute atomic E-state index is 0.228. The van der Waals surface area contributed by atoms with Gasteiger partial charge >= 0.3 is 0 Å². The predicted molar refractivity (Wildman–Crippen MR) is 61.4 cm³/mol. The van der Waals surface area contributed by atoms with E-state index < -0.39 is 6.10 Å². The van der Waals surface area contributed by atoms with Crippen LogP contribution >= 0.6 is 0 Å². The van der Waals surface area contributed by atoms with Crippen molar-refractivity contribution >= 4 is 0 Å². The molecule has 15 heavy (non-hydrogen) atoms. The van der Waals surface area contributed by atoms with Gasteiger partial charge in [0.2, 0.25) is 0 Å². The zero-order valence-electron chi connectivity index (χ0n) is 10.4. The average Bonchev–Trinajstić information content (AvgIpc) is 2.49. The van der Waals surface area contributed by atoms with E-state index >= 15 is 0 Å². The van der Waals surface area contributed by atoms with Gasteiger partial charge in [0.25, 0.3) is 0 Å². The summed E-state index contributed by atoms with van der Waals surface area (Å²) in [5.41, 5.74) is 0.228. The molecule has 0 aliphatic carbocycles. The van der Waals surface area contributed by atoms with Gasteiger partial charge in [0, 0.05) is 19.4 Å². The van der Waals surface area contributed by atoms with Crippen LogP contribution in [0.4, 0.5) is 0 Å². The van der Waals surface area contributed by atoms with Gasteiger partial charge in [-0.2, -0.15) is 0 Å². The van der Waals surface area contributed by atoms with Gasteiger partial charge in [0.15, 0.2) is 0 Å². The molecule has 0 fully saturated rings. The van der Waals surface area contributed by atoms with E-state index in [-0.39, 0.29) is 5.41 Å². The Labute approximate surface area is 92.1 Å². The minimum atomic E-state index is -0.459. The standard InChI is InChI=1S/C12H22N2O/c1-9(12(2,3)4)8-10(15)11-13-6-7-14(11)5/h6-7,9-10,15H,8H2,1-5H3. The first-order valence-electron chi connectivity index (χ1n) is 5.47. The predicted octanol–water partition coefficient (Wildman–Crippen LogP) is 2.53. The quantitative estimate of drug-likeness (QED) is 0.832. The molecule has 2 atom stereocenters. The van der Waals surface area contributed by atoms with Gasteiger partial charge < -0.3 is 9.67 Å². The molecule has 1 N–H and O–H groups in total. The van der Waals surface area contributed by atoms with Crippen molar-refractivity contribution in [2.75, 3.05) is 0 Å². The van der Waals surface area contributed by atoms with Crippen LogP contribution in [0, 0.1) is 11.3 Å². The van der Waals surface area contributed by atoms with Gasteiger partial charge in [-0.1, -0.05) is 27.7 Å². The summed E-state index contributed by atoms with van der Waals surface area (Å²) in [7, 11) is 1.91. The Morgan fingerprint density at radius 1 is 1.47 bits per heavy atom. The molecule has 0 aliphatic rings. The number of nitrogens with zero attached hydrogens (tertiary/aromatic N) is 2. The molecule has 86 valence electrons. The zero-order valence-corrected chi connectivity index (χ0v) is 10.4. The molecule has 0 amide bonds. The van der Waals surface area contributed by atoms with E-state index in [0.717, 1.165) is 12.2 Å². The largest absolute Gasteiger partial charge is 0.385 e. The Hall–Kier alpha value is -0.830. The molecule has 0 saturated heterocycles. The average molecular weight is 210 g/mol.